The van der Waals surface area contributed by atoms with Crippen molar-refractivity contribution < 1.29 is 8.83 Å². The van der Waals surface area contributed by atoms with Crippen LogP contribution >= 0.6 is 0 Å². The molecule has 10 aromatic rings. The number of nitrogens with zero attached hydrogens (tertiary/aromatic N) is 4. The van der Waals surface area contributed by atoms with E-state index in [0.29, 0.717) is 28.9 Å². The van der Waals surface area contributed by atoms with Gasteiger partial charge in [0.2, 0.25) is 5.89 Å². The zero-order valence-electron chi connectivity index (χ0n) is 26.6. The number of rotatable bonds is 5. The minimum atomic E-state index is 0.551. The number of fused-ring (bicyclic) bond motifs is 6. The zero-order chi connectivity index (χ0) is 33.0. The van der Waals surface area contributed by atoms with Crippen molar-refractivity contribution in [3.8, 4) is 56.7 Å². The maximum absolute atomic E-state index is 6.44. The number of benzene rings is 7. The van der Waals surface area contributed by atoms with Crippen molar-refractivity contribution in [2.24, 2.45) is 0 Å². The van der Waals surface area contributed by atoms with Gasteiger partial charge >= 0.3 is 0 Å². The summed E-state index contributed by atoms with van der Waals surface area (Å²) >= 11 is 0. The van der Waals surface area contributed by atoms with Gasteiger partial charge in [-0.2, -0.15) is 0 Å². The molecule has 6 nitrogen and oxygen atoms in total. The van der Waals surface area contributed by atoms with E-state index in [1.165, 1.54) is 0 Å². The van der Waals surface area contributed by atoms with Crippen LogP contribution in [0.1, 0.15) is 0 Å². The summed E-state index contributed by atoms with van der Waals surface area (Å²) in [6, 6.07) is 53.2. The SMILES string of the molecule is c1ccc(-c2nc(-c3ccccc3)nc(-c3ccc(-c4cc(-c5nc6c(ccc7c8ccccc8oc76)o5)c5ccccc5c4)cc3)n2)cc1. The second-order valence-corrected chi connectivity index (χ2v) is 12.3. The second-order valence-electron chi connectivity index (χ2n) is 12.3. The predicted molar refractivity (Wildman–Crippen MR) is 199 cm³/mol. The molecule has 6 heteroatoms. The molecular weight excluding hydrogens is 617 g/mol. The van der Waals surface area contributed by atoms with Crippen LogP contribution in [0.2, 0.25) is 0 Å². The van der Waals surface area contributed by atoms with Gasteiger partial charge in [-0.1, -0.05) is 127 Å². The van der Waals surface area contributed by atoms with E-state index in [1.54, 1.807) is 0 Å². The first-order valence-corrected chi connectivity index (χ1v) is 16.5. The van der Waals surface area contributed by atoms with Crippen molar-refractivity contribution in [3.63, 3.8) is 0 Å². The minimum absolute atomic E-state index is 0.551. The van der Waals surface area contributed by atoms with Gasteiger partial charge in [0.05, 0.1) is 0 Å². The van der Waals surface area contributed by atoms with Gasteiger partial charge in [-0.25, -0.2) is 19.9 Å². The Morgan fingerprint density at radius 2 is 0.940 bits per heavy atom. The molecule has 7 aromatic carbocycles. The first kappa shape index (κ1) is 28.1. The smallest absolute Gasteiger partial charge is 0.228 e. The van der Waals surface area contributed by atoms with Gasteiger partial charge in [0.1, 0.15) is 5.58 Å². The highest BCUT2D eigenvalue weighted by Crippen LogP contribution is 2.39. The van der Waals surface area contributed by atoms with E-state index in [0.717, 1.165) is 71.6 Å². The largest absolute Gasteiger partial charge is 0.454 e. The van der Waals surface area contributed by atoms with E-state index in [-0.39, 0.29) is 0 Å². The molecule has 0 spiro atoms. The third-order valence-corrected chi connectivity index (χ3v) is 9.17. The molecule has 0 aliphatic rings. The quantitative estimate of drug-likeness (QED) is 0.186. The third kappa shape index (κ3) is 4.73. The van der Waals surface area contributed by atoms with Crippen molar-refractivity contribution in [2.45, 2.75) is 0 Å². The van der Waals surface area contributed by atoms with Gasteiger partial charge in [-0.05, 0) is 52.2 Å². The Balaban J connectivity index is 1.07. The van der Waals surface area contributed by atoms with Crippen LogP contribution in [0.3, 0.4) is 0 Å². The normalized spacial score (nSPS) is 11.6. The van der Waals surface area contributed by atoms with Crippen LogP contribution in [0.15, 0.2) is 167 Å². The highest BCUT2D eigenvalue weighted by atomic mass is 16.4. The maximum atomic E-state index is 6.44. The van der Waals surface area contributed by atoms with Gasteiger partial charge in [0.15, 0.2) is 34.2 Å². The monoisotopic (exact) mass is 642 g/mol. The molecular formula is C44H26N4O2. The second kappa shape index (κ2) is 11.4. The van der Waals surface area contributed by atoms with Crippen molar-refractivity contribution in [3.05, 3.63) is 158 Å². The van der Waals surface area contributed by atoms with Gasteiger partial charge in [0, 0.05) is 33.0 Å². The molecule has 0 saturated carbocycles. The van der Waals surface area contributed by atoms with Gasteiger partial charge in [-0.3, -0.25) is 0 Å². The molecule has 0 aliphatic heterocycles. The number of hydrogen-bond acceptors (Lipinski definition) is 6. The standard InChI is InChI=1S/C44H26N4O2/c1-3-11-28(12-4-1)41-46-42(29-13-5-2-6-14-29)48-43(47-41)30-21-19-27(20-22-30)32-25-31-15-7-8-16-33(31)36(26-32)44-45-39-38(50-44)24-23-35-34-17-9-10-18-37(34)49-40(35)39/h1-26H. The molecule has 234 valence electrons. The molecule has 0 N–H and O–H groups in total. The van der Waals surface area contributed by atoms with E-state index >= 15 is 0 Å². The van der Waals surface area contributed by atoms with E-state index in [1.807, 2.05) is 97.1 Å². The van der Waals surface area contributed by atoms with Crippen molar-refractivity contribution in [2.75, 3.05) is 0 Å². The van der Waals surface area contributed by atoms with Crippen molar-refractivity contribution in [1.29, 1.82) is 0 Å². The average molecular weight is 643 g/mol. The molecule has 50 heavy (non-hydrogen) atoms. The molecule has 3 heterocycles. The van der Waals surface area contributed by atoms with Crippen LogP contribution in [0.25, 0.3) is 101 Å². The highest BCUT2D eigenvalue weighted by Gasteiger charge is 2.19. The summed E-state index contributed by atoms with van der Waals surface area (Å²) < 4.78 is 12.7. The lowest BCUT2D eigenvalue weighted by Crippen LogP contribution is -2.00. The fraction of sp³-hybridized carbons (Fsp3) is 0. The van der Waals surface area contributed by atoms with Gasteiger partial charge in [0.25, 0.3) is 0 Å². The van der Waals surface area contributed by atoms with Crippen LogP contribution in [0.4, 0.5) is 0 Å². The molecule has 0 unspecified atom stereocenters. The summed E-state index contributed by atoms with van der Waals surface area (Å²) in [4.78, 5) is 19.7. The summed E-state index contributed by atoms with van der Waals surface area (Å²) in [5, 5.41) is 4.25. The molecule has 0 atom stereocenters. The lowest BCUT2D eigenvalue weighted by atomic mass is 9.96. The van der Waals surface area contributed by atoms with Crippen LogP contribution in [0.5, 0.6) is 0 Å². The Kier molecular flexibility index (Phi) is 6.39. The Labute approximate surface area is 286 Å². The minimum Gasteiger partial charge on any atom is -0.454 e. The van der Waals surface area contributed by atoms with Crippen molar-refractivity contribution in [1.82, 2.24) is 19.9 Å². The fourth-order valence-corrected chi connectivity index (χ4v) is 6.69. The predicted octanol–water partition coefficient (Wildman–Crippen LogP) is 11.4. The van der Waals surface area contributed by atoms with E-state index < -0.39 is 0 Å². The Morgan fingerprint density at radius 3 is 1.64 bits per heavy atom. The lowest BCUT2D eigenvalue weighted by molar-refractivity contribution is 0.620. The molecule has 0 fully saturated rings. The Bertz CT molecular complexity index is 2800. The number of aromatic nitrogens is 4. The summed E-state index contributed by atoms with van der Waals surface area (Å²) in [5.74, 6) is 2.44. The molecule has 0 bridgehead atoms. The van der Waals surface area contributed by atoms with E-state index in [2.05, 4.69) is 60.7 Å². The van der Waals surface area contributed by atoms with Crippen LogP contribution in [-0.2, 0) is 0 Å². The van der Waals surface area contributed by atoms with Crippen LogP contribution in [-0.4, -0.2) is 19.9 Å². The third-order valence-electron chi connectivity index (χ3n) is 9.17. The van der Waals surface area contributed by atoms with Gasteiger partial charge < -0.3 is 8.83 Å². The first-order valence-electron chi connectivity index (χ1n) is 16.5. The lowest BCUT2D eigenvalue weighted by Gasteiger charge is -2.10. The molecule has 0 amide bonds. The molecule has 3 aromatic heterocycles. The van der Waals surface area contributed by atoms with Crippen LogP contribution in [0, 0.1) is 0 Å². The van der Waals surface area contributed by atoms with Gasteiger partial charge in [-0.15, -0.1) is 0 Å². The maximum Gasteiger partial charge on any atom is 0.228 e. The highest BCUT2D eigenvalue weighted by molar-refractivity contribution is 6.13. The summed E-state index contributed by atoms with van der Waals surface area (Å²) in [6.07, 6.45) is 0. The Hall–Kier alpha value is -6.92. The summed E-state index contributed by atoms with van der Waals surface area (Å²) in [7, 11) is 0. The number of hydrogen-bond donors (Lipinski definition) is 0. The molecule has 0 saturated heterocycles. The van der Waals surface area contributed by atoms with E-state index in [9.17, 15) is 0 Å². The number of para-hydroxylation sites is 1. The number of oxazole rings is 1. The fourth-order valence-electron chi connectivity index (χ4n) is 6.69. The number of furan rings is 1. The average Bonchev–Trinajstić information content (AvgIpc) is 3.80. The summed E-state index contributed by atoms with van der Waals surface area (Å²) in [6.45, 7) is 0. The first-order chi connectivity index (χ1) is 24.7. The Morgan fingerprint density at radius 1 is 0.360 bits per heavy atom. The van der Waals surface area contributed by atoms with Crippen LogP contribution < -0.4 is 0 Å². The molecule has 0 radical (unpaired) electrons. The molecule has 10 rings (SSSR count). The molecule has 0 aliphatic carbocycles. The zero-order valence-corrected chi connectivity index (χ0v) is 26.6. The van der Waals surface area contributed by atoms with E-state index in [4.69, 9.17) is 28.8 Å². The summed E-state index contributed by atoms with van der Waals surface area (Å²) in [5.41, 5.74) is 8.77. The van der Waals surface area contributed by atoms with Crippen molar-refractivity contribution >= 4 is 43.8 Å². The topological polar surface area (TPSA) is 77.8 Å².